The zero-order valence-electron chi connectivity index (χ0n) is 18.1. The Labute approximate surface area is 193 Å². The molecule has 2 unspecified atom stereocenters. The van der Waals surface area contributed by atoms with E-state index >= 15 is 0 Å². The number of aliphatic imine (C=N–C) groups is 1. The van der Waals surface area contributed by atoms with Crippen molar-refractivity contribution in [2.45, 2.75) is 32.2 Å². The van der Waals surface area contributed by atoms with Crippen LogP contribution in [0.4, 0.5) is 0 Å². The van der Waals surface area contributed by atoms with Gasteiger partial charge in [0.25, 0.3) is 0 Å². The van der Waals surface area contributed by atoms with E-state index in [4.69, 9.17) is 14.5 Å². The van der Waals surface area contributed by atoms with Crippen LogP contribution in [0.5, 0.6) is 5.75 Å². The number of guanidine groups is 1. The van der Waals surface area contributed by atoms with Gasteiger partial charge in [0, 0.05) is 32.7 Å². The van der Waals surface area contributed by atoms with E-state index in [1.807, 2.05) is 0 Å². The normalized spacial score (nSPS) is 20.9. The molecule has 6 nitrogen and oxygen atoms in total. The fourth-order valence-electron chi connectivity index (χ4n) is 4.15. The number of halogens is 1. The van der Waals surface area contributed by atoms with Gasteiger partial charge in [-0.05, 0) is 57.0 Å². The molecular weight excluding hydrogens is 479 g/mol. The Balaban J connectivity index is 0.00000300. The predicted octanol–water partition coefficient (Wildman–Crippen LogP) is 3.38. The molecule has 1 N–H and O–H groups in total. The summed E-state index contributed by atoms with van der Waals surface area (Å²) in [5.74, 6) is 2.50. The number of hydrogen-bond acceptors (Lipinski definition) is 4. The maximum Gasteiger partial charge on any atom is 0.193 e. The zero-order chi connectivity index (χ0) is 19.8. The minimum atomic E-state index is 0. The van der Waals surface area contributed by atoms with Gasteiger partial charge in [0.15, 0.2) is 5.96 Å². The van der Waals surface area contributed by atoms with Gasteiger partial charge in [0.05, 0.1) is 26.3 Å². The molecule has 2 aliphatic heterocycles. The standard InChI is InChI=1S/C22H36N4O2.HI/c1-4-23-22(25(2)16-18-11-14-28-17-18)24-15-21(26-12-5-6-13-26)19-7-9-20(27-3)10-8-19;/h7-10,18,21H,4-6,11-17H2,1-3H3,(H,23,24);1H. The Hall–Kier alpha value is -1.06. The number of hydrogen-bond donors (Lipinski definition) is 1. The van der Waals surface area contributed by atoms with E-state index < -0.39 is 0 Å². The second-order valence-corrected chi connectivity index (χ2v) is 7.84. The van der Waals surface area contributed by atoms with Crippen LogP contribution >= 0.6 is 24.0 Å². The van der Waals surface area contributed by atoms with Crippen LogP contribution in [-0.4, -0.2) is 75.9 Å². The number of rotatable bonds is 8. The van der Waals surface area contributed by atoms with Crippen molar-refractivity contribution in [1.29, 1.82) is 0 Å². The third-order valence-electron chi connectivity index (χ3n) is 5.75. The lowest BCUT2D eigenvalue weighted by Gasteiger charge is -2.29. The SMILES string of the molecule is CCNC(=NCC(c1ccc(OC)cc1)N1CCCC1)N(C)CC1CCOC1.I. The molecule has 0 saturated carbocycles. The smallest absolute Gasteiger partial charge is 0.193 e. The molecule has 0 bridgehead atoms. The Bertz CT molecular complexity index is 614. The highest BCUT2D eigenvalue weighted by Gasteiger charge is 2.24. The molecule has 1 aromatic carbocycles. The largest absolute Gasteiger partial charge is 0.497 e. The first-order valence-electron chi connectivity index (χ1n) is 10.7. The topological polar surface area (TPSA) is 49.3 Å². The fraction of sp³-hybridized carbons (Fsp3) is 0.682. The zero-order valence-corrected chi connectivity index (χ0v) is 20.4. The minimum Gasteiger partial charge on any atom is -0.497 e. The van der Waals surface area contributed by atoms with E-state index in [2.05, 4.69) is 53.4 Å². The first-order chi connectivity index (χ1) is 13.7. The first kappa shape index (κ1) is 24.2. The molecule has 7 heteroatoms. The highest BCUT2D eigenvalue weighted by atomic mass is 127. The van der Waals surface area contributed by atoms with E-state index in [9.17, 15) is 0 Å². The van der Waals surface area contributed by atoms with Gasteiger partial charge >= 0.3 is 0 Å². The Kier molecular flexibility index (Phi) is 10.5. The van der Waals surface area contributed by atoms with Crippen LogP contribution in [0.2, 0.25) is 0 Å². The summed E-state index contributed by atoms with van der Waals surface area (Å²) in [6.45, 7) is 8.82. The molecule has 0 aliphatic carbocycles. The number of nitrogens with one attached hydrogen (secondary N) is 1. The maximum absolute atomic E-state index is 5.54. The molecule has 1 aromatic rings. The van der Waals surface area contributed by atoms with Crippen LogP contribution in [0, 0.1) is 5.92 Å². The summed E-state index contributed by atoms with van der Waals surface area (Å²) in [6, 6.07) is 8.79. The van der Waals surface area contributed by atoms with Crippen molar-refractivity contribution in [1.82, 2.24) is 15.1 Å². The average molecular weight is 516 g/mol. The molecular formula is C22H37IN4O2. The predicted molar refractivity (Wildman–Crippen MR) is 129 cm³/mol. The Morgan fingerprint density at radius 1 is 1.31 bits per heavy atom. The first-order valence-corrected chi connectivity index (χ1v) is 10.7. The van der Waals surface area contributed by atoms with Crippen LogP contribution < -0.4 is 10.1 Å². The van der Waals surface area contributed by atoms with Crippen LogP contribution in [0.25, 0.3) is 0 Å². The van der Waals surface area contributed by atoms with E-state index in [0.29, 0.717) is 12.0 Å². The van der Waals surface area contributed by atoms with E-state index in [0.717, 1.165) is 64.1 Å². The molecule has 2 saturated heterocycles. The summed E-state index contributed by atoms with van der Waals surface area (Å²) in [5.41, 5.74) is 1.31. The molecule has 0 amide bonds. The molecule has 29 heavy (non-hydrogen) atoms. The average Bonchev–Trinajstić information content (AvgIpc) is 3.42. The molecule has 0 radical (unpaired) electrons. The lowest BCUT2D eigenvalue weighted by molar-refractivity contribution is 0.181. The molecule has 164 valence electrons. The van der Waals surface area contributed by atoms with Gasteiger partial charge in [0.1, 0.15) is 5.75 Å². The van der Waals surface area contributed by atoms with Crippen molar-refractivity contribution in [2.75, 3.05) is 60.1 Å². The van der Waals surface area contributed by atoms with Gasteiger partial charge in [-0.1, -0.05) is 12.1 Å². The summed E-state index contributed by atoms with van der Waals surface area (Å²) in [5, 5.41) is 3.47. The van der Waals surface area contributed by atoms with Crippen molar-refractivity contribution in [3.05, 3.63) is 29.8 Å². The van der Waals surface area contributed by atoms with Gasteiger partial charge in [-0.2, -0.15) is 0 Å². The van der Waals surface area contributed by atoms with Crippen molar-refractivity contribution in [3.63, 3.8) is 0 Å². The Morgan fingerprint density at radius 3 is 2.62 bits per heavy atom. The summed E-state index contributed by atoms with van der Waals surface area (Å²) in [7, 11) is 3.85. The van der Waals surface area contributed by atoms with Crippen molar-refractivity contribution in [3.8, 4) is 5.75 Å². The number of nitrogens with zero attached hydrogens (tertiary/aromatic N) is 3. The monoisotopic (exact) mass is 516 g/mol. The second-order valence-electron chi connectivity index (χ2n) is 7.84. The van der Waals surface area contributed by atoms with E-state index in [-0.39, 0.29) is 24.0 Å². The van der Waals surface area contributed by atoms with E-state index in [1.54, 1.807) is 7.11 Å². The molecule has 3 rings (SSSR count). The quantitative estimate of drug-likeness (QED) is 0.326. The van der Waals surface area contributed by atoms with Gasteiger partial charge in [0.2, 0.25) is 0 Å². The van der Waals surface area contributed by atoms with Crippen LogP contribution in [0.3, 0.4) is 0 Å². The Morgan fingerprint density at radius 2 is 2.03 bits per heavy atom. The molecule has 2 fully saturated rings. The summed E-state index contributed by atoms with van der Waals surface area (Å²) >= 11 is 0. The van der Waals surface area contributed by atoms with Gasteiger partial charge in [-0.15, -0.1) is 24.0 Å². The lowest BCUT2D eigenvalue weighted by Crippen LogP contribution is -2.42. The summed E-state index contributed by atoms with van der Waals surface area (Å²) in [4.78, 5) is 9.87. The number of ether oxygens (including phenoxy) is 2. The third kappa shape index (κ3) is 7.00. The molecule has 0 spiro atoms. The summed E-state index contributed by atoms with van der Waals surface area (Å²) < 4.78 is 10.9. The third-order valence-corrected chi connectivity index (χ3v) is 5.75. The van der Waals surface area contributed by atoms with Crippen LogP contribution in [-0.2, 0) is 4.74 Å². The van der Waals surface area contributed by atoms with Gasteiger partial charge in [-0.3, -0.25) is 9.89 Å². The fourth-order valence-corrected chi connectivity index (χ4v) is 4.15. The lowest BCUT2D eigenvalue weighted by atomic mass is 10.1. The van der Waals surface area contributed by atoms with Crippen molar-refractivity contribution >= 4 is 29.9 Å². The number of methoxy groups -OCH3 is 1. The van der Waals surface area contributed by atoms with Gasteiger partial charge < -0.3 is 19.7 Å². The highest BCUT2D eigenvalue weighted by Crippen LogP contribution is 2.27. The van der Waals surface area contributed by atoms with Crippen LogP contribution in [0.1, 0.15) is 37.8 Å². The highest BCUT2D eigenvalue weighted by molar-refractivity contribution is 14.0. The molecule has 2 atom stereocenters. The minimum absolute atomic E-state index is 0. The van der Waals surface area contributed by atoms with E-state index in [1.165, 1.54) is 18.4 Å². The number of likely N-dealkylation sites (tertiary alicyclic amines) is 1. The molecule has 2 heterocycles. The van der Waals surface area contributed by atoms with Crippen LogP contribution in [0.15, 0.2) is 29.3 Å². The number of benzene rings is 1. The summed E-state index contributed by atoms with van der Waals surface area (Å²) in [6.07, 6.45) is 3.70. The molecule has 0 aromatic heterocycles. The molecule has 2 aliphatic rings. The maximum atomic E-state index is 5.54. The van der Waals surface area contributed by atoms with Crippen molar-refractivity contribution < 1.29 is 9.47 Å². The van der Waals surface area contributed by atoms with Gasteiger partial charge in [-0.25, -0.2) is 0 Å². The second kappa shape index (κ2) is 12.6. The van der Waals surface area contributed by atoms with Crippen molar-refractivity contribution in [2.24, 2.45) is 10.9 Å².